The van der Waals surface area contributed by atoms with E-state index in [-0.39, 0.29) is 12.5 Å². The van der Waals surface area contributed by atoms with E-state index < -0.39 is 0 Å². The zero-order valence-electron chi connectivity index (χ0n) is 20.0. The van der Waals surface area contributed by atoms with Crippen LogP contribution in [0, 0.1) is 6.92 Å². The molecule has 2 aromatic heterocycles. The average Bonchev–Trinajstić information content (AvgIpc) is 3.33. The van der Waals surface area contributed by atoms with Crippen molar-refractivity contribution in [3.8, 4) is 28.5 Å². The zero-order chi connectivity index (χ0) is 24.2. The molecule has 0 N–H and O–H groups in total. The summed E-state index contributed by atoms with van der Waals surface area (Å²) in [5.41, 5.74) is 4.07. The molecule has 0 saturated carbocycles. The lowest BCUT2D eigenvalue weighted by Crippen LogP contribution is -2.49. The maximum atomic E-state index is 13.3. The smallest absolute Gasteiger partial charge is 0.242 e. The van der Waals surface area contributed by atoms with Gasteiger partial charge in [0.2, 0.25) is 11.8 Å². The fraction of sp³-hybridized carbons (Fsp3) is 0.259. The molecule has 1 fully saturated rings. The van der Waals surface area contributed by atoms with Crippen molar-refractivity contribution in [1.82, 2.24) is 24.4 Å². The van der Waals surface area contributed by atoms with E-state index in [1.165, 1.54) is 11.9 Å². The average molecular weight is 469 g/mol. The van der Waals surface area contributed by atoms with Crippen LogP contribution < -0.4 is 9.64 Å². The lowest BCUT2D eigenvalue weighted by Gasteiger charge is -2.35. The van der Waals surface area contributed by atoms with E-state index in [4.69, 9.17) is 9.72 Å². The van der Waals surface area contributed by atoms with Crippen molar-refractivity contribution in [3.63, 3.8) is 0 Å². The van der Waals surface area contributed by atoms with Gasteiger partial charge in [-0.1, -0.05) is 54.1 Å². The molecule has 8 heteroatoms. The number of carbonyl (C=O) groups excluding carboxylic acids is 1. The van der Waals surface area contributed by atoms with Gasteiger partial charge in [-0.2, -0.15) is 0 Å². The summed E-state index contributed by atoms with van der Waals surface area (Å²) in [5, 5.41) is 0. The first-order valence-corrected chi connectivity index (χ1v) is 11.7. The van der Waals surface area contributed by atoms with E-state index in [0.29, 0.717) is 32.1 Å². The Hall–Kier alpha value is -4.20. The van der Waals surface area contributed by atoms with Crippen LogP contribution in [0.4, 0.5) is 5.82 Å². The number of benzene rings is 2. The first kappa shape index (κ1) is 22.6. The predicted molar refractivity (Wildman–Crippen MR) is 135 cm³/mol. The number of rotatable bonds is 6. The number of hydrogen-bond acceptors (Lipinski definition) is 6. The van der Waals surface area contributed by atoms with Crippen LogP contribution in [0.1, 0.15) is 5.56 Å². The quantitative estimate of drug-likeness (QED) is 0.430. The lowest BCUT2D eigenvalue weighted by atomic mass is 10.1. The van der Waals surface area contributed by atoms with Gasteiger partial charge < -0.3 is 19.1 Å². The zero-order valence-corrected chi connectivity index (χ0v) is 20.0. The van der Waals surface area contributed by atoms with E-state index in [2.05, 4.69) is 40.0 Å². The molecule has 0 unspecified atom stereocenters. The van der Waals surface area contributed by atoms with E-state index in [9.17, 15) is 4.79 Å². The van der Waals surface area contributed by atoms with Crippen LogP contribution in [0.25, 0.3) is 22.6 Å². The molecule has 1 aliphatic rings. The van der Waals surface area contributed by atoms with E-state index >= 15 is 0 Å². The molecule has 1 aliphatic heterocycles. The van der Waals surface area contributed by atoms with Gasteiger partial charge in [0, 0.05) is 49.6 Å². The standard InChI is InChI=1S/C27H28N6O2/c1-20-7-6-10-22(15-20)23-17-33(27(30-23)21-8-4-3-5-9-21)18-26(34)32-13-11-31(12-14-32)24-16-25(35-2)29-19-28-24/h3-10,15-17,19H,11-14,18H2,1-2H3. The second-order valence-electron chi connectivity index (χ2n) is 8.60. The summed E-state index contributed by atoms with van der Waals surface area (Å²) in [4.78, 5) is 30.7. The molecule has 0 spiro atoms. The molecule has 2 aromatic carbocycles. The van der Waals surface area contributed by atoms with Gasteiger partial charge in [-0.15, -0.1) is 0 Å². The first-order valence-electron chi connectivity index (χ1n) is 11.7. The number of methoxy groups -OCH3 is 1. The Morgan fingerprint density at radius 2 is 1.71 bits per heavy atom. The highest BCUT2D eigenvalue weighted by molar-refractivity contribution is 5.78. The number of carbonyl (C=O) groups is 1. The van der Waals surface area contributed by atoms with E-state index in [0.717, 1.165) is 28.5 Å². The number of amides is 1. The van der Waals surface area contributed by atoms with Gasteiger partial charge in [0.25, 0.3) is 0 Å². The van der Waals surface area contributed by atoms with Crippen LogP contribution in [-0.4, -0.2) is 63.6 Å². The topological polar surface area (TPSA) is 76.4 Å². The Morgan fingerprint density at radius 1 is 0.943 bits per heavy atom. The van der Waals surface area contributed by atoms with Crippen molar-refractivity contribution < 1.29 is 9.53 Å². The Morgan fingerprint density at radius 3 is 2.46 bits per heavy atom. The molecule has 0 bridgehead atoms. The summed E-state index contributed by atoms with van der Waals surface area (Å²) in [5.74, 6) is 2.22. The van der Waals surface area contributed by atoms with Gasteiger partial charge in [-0.25, -0.2) is 15.0 Å². The molecule has 35 heavy (non-hydrogen) atoms. The number of nitrogens with zero attached hydrogens (tertiary/aromatic N) is 6. The molecule has 1 saturated heterocycles. The Labute approximate surface area is 204 Å². The number of anilines is 1. The van der Waals surface area contributed by atoms with E-state index in [1.807, 2.05) is 58.1 Å². The second-order valence-corrected chi connectivity index (χ2v) is 8.60. The minimum Gasteiger partial charge on any atom is -0.481 e. The number of ether oxygens (including phenoxy) is 1. The van der Waals surface area contributed by atoms with Gasteiger partial charge in [0.15, 0.2) is 0 Å². The fourth-order valence-electron chi connectivity index (χ4n) is 4.34. The second kappa shape index (κ2) is 9.97. The molecule has 178 valence electrons. The molecule has 5 rings (SSSR count). The maximum Gasteiger partial charge on any atom is 0.242 e. The Bertz CT molecular complexity index is 1310. The lowest BCUT2D eigenvalue weighted by molar-refractivity contribution is -0.132. The molecule has 0 radical (unpaired) electrons. The fourth-order valence-corrected chi connectivity index (χ4v) is 4.34. The summed E-state index contributed by atoms with van der Waals surface area (Å²) < 4.78 is 7.18. The molecule has 1 amide bonds. The van der Waals surface area contributed by atoms with Crippen LogP contribution in [0.5, 0.6) is 5.88 Å². The van der Waals surface area contributed by atoms with Gasteiger partial charge in [0.05, 0.1) is 12.8 Å². The SMILES string of the molecule is COc1cc(N2CCN(C(=O)Cn3cc(-c4cccc(C)c4)nc3-c3ccccc3)CC2)ncn1. The van der Waals surface area contributed by atoms with Crippen LogP contribution >= 0.6 is 0 Å². The van der Waals surface area contributed by atoms with Crippen molar-refractivity contribution in [3.05, 3.63) is 78.8 Å². The summed E-state index contributed by atoms with van der Waals surface area (Å²) in [7, 11) is 1.59. The van der Waals surface area contributed by atoms with Crippen LogP contribution in [0.15, 0.2) is 73.2 Å². The molecule has 0 atom stereocenters. The van der Waals surface area contributed by atoms with Crippen molar-refractivity contribution >= 4 is 11.7 Å². The highest BCUT2D eigenvalue weighted by atomic mass is 16.5. The third-order valence-corrected chi connectivity index (χ3v) is 6.22. The molecular formula is C27H28N6O2. The number of piperazine rings is 1. The Balaban J connectivity index is 1.33. The number of aryl methyl sites for hydroxylation is 1. The molecule has 0 aliphatic carbocycles. The first-order chi connectivity index (χ1) is 17.1. The minimum absolute atomic E-state index is 0.0790. The van der Waals surface area contributed by atoms with Gasteiger partial charge in [0.1, 0.15) is 24.5 Å². The third kappa shape index (κ3) is 5.01. The minimum atomic E-state index is 0.0790. The molecular weight excluding hydrogens is 440 g/mol. The van der Waals surface area contributed by atoms with Gasteiger partial charge in [-0.05, 0) is 13.0 Å². The van der Waals surface area contributed by atoms with Crippen molar-refractivity contribution in [2.24, 2.45) is 0 Å². The normalized spacial score (nSPS) is 13.7. The van der Waals surface area contributed by atoms with Gasteiger partial charge in [-0.3, -0.25) is 4.79 Å². The summed E-state index contributed by atoms with van der Waals surface area (Å²) in [6.45, 7) is 4.98. The highest BCUT2D eigenvalue weighted by Gasteiger charge is 2.24. The predicted octanol–water partition coefficient (Wildman–Crippen LogP) is 3.67. The van der Waals surface area contributed by atoms with Gasteiger partial charge >= 0.3 is 0 Å². The molecule has 4 aromatic rings. The van der Waals surface area contributed by atoms with Crippen molar-refractivity contribution in [2.45, 2.75) is 13.5 Å². The number of hydrogen-bond donors (Lipinski definition) is 0. The number of imidazole rings is 1. The summed E-state index contributed by atoms with van der Waals surface area (Å²) in [6, 6.07) is 20.1. The van der Waals surface area contributed by atoms with Crippen LogP contribution in [0.3, 0.4) is 0 Å². The van der Waals surface area contributed by atoms with Crippen LogP contribution in [0.2, 0.25) is 0 Å². The van der Waals surface area contributed by atoms with Crippen LogP contribution in [-0.2, 0) is 11.3 Å². The Kier molecular flexibility index (Phi) is 6.43. The third-order valence-electron chi connectivity index (χ3n) is 6.22. The summed E-state index contributed by atoms with van der Waals surface area (Å²) >= 11 is 0. The number of aromatic nitrogens is 4. The van der Waals surface area contributed by atoms with Crippen molar-refractivity contribution in [2.75, 3.05) is 38.2 Å². The van der Waals surface area contributed by atoms with E-state index in [1.54, 1.807) is 7.11 Å². The molecule has 8 nitrogen and oxygen atoms in total. The largest absolute Gasteiger partial charge is 0.481 e. The molecule has 3 heterocycles. The maximum absolute atomic E-state index is 13.3. The monoisotopic (exact) mass is 468 g/mol. The summed E-state index contributed by atoms with van der Waals surface area (Å²) in [6.07, 6.45) is 3.49. The highest BCUT2D eigenvalue weighted by Crippen LogP contribution is 2.26. The van der Waals surface area contributed by atoms with Crippen molar-refractivity contribution in [1.29, 1.82) is 0 Å².